The van der Waals surface area contributed by atoms with Crippen LogP contribution < -0.4 is 5.32 Å². The summed E-state index contributed by atoms with van der Waals surface area (Å²) in [5.41, 5.74) is -0.948. The summed E-state index contributed by atoms with van der Waals surface area (Å²) >= 11 is 0. The lowest BCUT2D eigenvalue weighted by Crippen LogP contribution is -2.54. The standard InChI is InChI=1S/C10H18N2O2/c1-4-8(7-11)12-10(5-2,6-3)9(13)14/h8,12H,4-6H2,1-3H3,(H,13,14). The van der Waals surface area contributed by atoms with Crippen LogP contribution in [0.2, 0.25) is 0 Å². The van der Waals surface area contributed by atoms with Crippen molar-refractivity contribution in [3.8, 4) is 6.07 Å². The van der Waals surface area contributed by atoms with Gasteiger partial charge in [0.2, 0.25) is 0 Å². The highest BCUT2D eigenvalue weighted by Gasteiger charge is 2.36. The molecule has 0 heterocycles. The summed E-state index contributed by atoms with van der Waals surface area (Å²) in [7, 11) is 0. The van der Waals surface area contributed by atoms with Gasteiger partial charge in [-0.2, -0.15) is 5.26 Å². The van der Waals surface area contributed by atoms with E-state index in [9.17, 15) is 4.79 Å². The molecule has 2 N–H and O–H groups in total. The van der Waals surface area contributed by atoms with Crippen LogP contribution in [0, 0.1) is 11.3 Å². The van der Waals surface area contributed by atoms with Crippen LogP contribution in [-0.2, 0) is 4.79 Å². The summed E-state index contributed by atoms with van der Waals surface area (Å²) in [6.07, 6.45) is 1.58. The zero-order valence-electron chi connectivity index (χ0n) is 9.00. The minimum Gasteiger partial charge on any atom is -0.480 e. The van der Waals surface area contributed by atoms with Crippen molar-refractivity contribution >= 4 is 5.97 Å². The molecule has 4 nitrogen and oxygen atoms in total. The second-order valence-electron chi connectivity index (χ2n) is 3.33. The maximum atomic E-state index is 11.1. The van der Waals surface area contributed by atoms with E-state index in [0.717, 1.165) is 0 Å². The largest absolute Gasteiger partial charge is 0.480 e. The van der Waals surface area contributed by atoms with Crippen molar-refractivity contribution in [2.24, 2.45) is 0 Å². The van der Waals surface area contributed by atoms with Crippen LogP contribution >= 0.6 is 0 Å². The van der Waals surface area contributed by atoms with E-state index in [4.69, 9.17) is 10.4 Å². The zero-order valence-corrected chi connectivity index (χ0v) is 9.00. The predicted molar refractivity (Wildman–Crippen MR) is 53.8 cm³/mol. The number of aliphatic carboxylic acids is 1. The quantitative estimate of drug-likeness (QED) is 0.678. The Labute approximate surface area is 84.9 Å². The molecule has 0 bridgehead atoms. The molecule has 1 atom stereocenters. The van der Waals surface area contributed by atoms with Gasteiger partial charge in [0, 0.05) is 0 Å². The first-order valence-electron chi connectivity index (χ1n) is 4.97. The third-order valence-corrected chi connectivity index (χ3v) is 2.63. The number of carbonyl (C=O) groups is 1. The molecule has 0 aromatic carbocycles. The molecule has 14 heavy (non-hydrogen) atoms. The van der Waals surface area contributed by atoms with E-state index in [1.165, 1.54) is 0 Å². The minimum absolute atomic E-state index is 0.383. The van der Waals surface area contributed by atoms with Gasteiger partial charge in [0.25, 0.3) is 0 Å². The van der Waals surface area contributed by atoms with Gasteiger partial charge in [-0.25, -0.2) is 0 Å². The smallest absolute Gasteiger partial charge is 0.323 e. The van der Waals surface area contributed by atoms with Crippen LogP contribution in [0.15, 0.2) is 0 Å². The predicted octanol–water partition coefficient (Wildman–Crippen LogP) is 1.52. The second-order valence-corrected chi connectivity index (χ2v) is 3.33. The summed E-state index contributed by atoms with van der Waals surface area (Å²) in [5.74, 6) is -0.879. The van der Waals surface area contributed by atoms with Gasteiger partial charge in [0.05, 0.1) is 12.1 Å². The third kappa shape index (κ3) is 2.71. The van der Waals surface area contributed by atoms with Crippen molar-refractivity contribution in [2.45, 2.75) is 51.6 Å². The molecular formula is C10H18N2O2. The number of rotatable bonds is 6. The SMILES string of the molecule is CCC(C#N)NC(CC)(CC)C(=O)O. The Morgan fingerprint density at radius 3 is 2.21 bits per heavy atom. The van der Waals surface area contributed by atoms with E-state index in [-0.39, 0.29) is 6.04 Å². The Balaban J connectivity index is 4.67. The Kier molecular flexibility index (Phi) is 5.18. The molecule has 0 fully saturated rings. The van der Waals surface area contributed by atoms with Gasteiger partial charge in [-0.15, -0.1) is 0 Å². The Bertz CT molecular complexity index is 229. The molecule has 0 saturated carbocycles. The fraction of sp³-hybridized carbons (Fsp3) is 0.800. The summed E-state index contributed by atoms with van der Waals surface area (Å²) in [6, 6.07) is 1.67. The van der Waals surface area contributed by atoms with E-state index in [2.05, 4.69) is 11.4 Å². The van der Waals surface area contributed by atoms with Gasteiger partial charge < -0.3 is 5.11 Å². The highest BCUT2D eigenvalue weighted by Crippen LogP contribution is 2.16. The lowest BCUT2D eigenvalue weighted by Gasteiger charge is -2.30. The molecule has 0 amide bonds. The summed E-state index contributed by atoms with van der Waals surface area (Å²) in [4.78, 5) is 11.1. The van der Waals surface area contributed by atoms with Crippen molar-refractivity contribution in [3.63, 3.8) is 0 Å². The number of nitriles is 1. The minimum atomic E-state index is -0.948. The summed E-state index contributed by atoms with van der Waals surface area (Å²) in [5, 5.41) is 20.8. The van der Waals surface area contributed by atoms with Gasteiger partial charge >= 0.3 is 5.97 Å². The average molecular weight is 198 g/mol. The first-order chi connectivity index (χ1) is 6.56. The molecule has 80 valence electrons. The monoisotopic (exact) mass is 198 g/mol. The van der Waals surface area contributed by atoms with E-state index >= 15 is 0 Å². The molecule has 0 aromatic rings. The maximum absolute atomic E-state index is 11.1. The van der Waals surface area contributed by atoms with Gasteiger partial charge in [0.15, 0.2) is 0 Å². The number of nitrogens with zero attached hydrogens (tertiary/aromatic N) is 1. The van der Waals surface area contributed by atoms with E-state index in [1.807, 2.05) is 20.8 Å². The van der Waals surface area contributed by atoms with Crippen LogP contribution in [-0.4, -0.2) is 22.7 Å². The molecule has 0 spiro atoms. The van der Waals surface area contributed by atoms with Crippen molar-refractivity contribution in [3.05, 3.63) is 0 Å². The van der Waals surface area contributed by atoms with Crippen molar-refractivity contribution in [2.75, 3.05) is 0 Å². The van der Waals surface area contributed by atoms with Crippen LogP contribution in [0.4, 0.5) is 0 Å². The molecule has 0 aliphatic heterocycles. The first kappa shape index (κ1) is 12.9. The molecular weight excluding hydrogens is 180 g/mol. The summed E-state index contributed by atoms with van der Waals surface area (Å²) in [6.45, 7) is 5.49. The van der Waals surface area contributed by atoms with Crippen LogP contribution in [0.25, 0.3) is 0 Å². The van der Waals surface area contributed by atoms with Gasteiger partial charge in [-0.1, -0.05) is 20.8 Å². The molecule has 4 heteroatoms. The van der Waals surface area contributed by atoms with Crippen LogP contribution in [0.1, 0.15) is 40.0 Å². The van der Waals surface area contributed by atoms with E-state index < -0.39 is 11.5 Å². The van der Waals surface area contributed by atoms with Crippen LogP contribution in [0.3, 0.4) is 0 Å². The summed E-state index contributed by atoms with van der Waals surface area (Å²) < 4.78 is 0. The highest BCUT2D eigenvalue weighted by atomic mass is 16.4. The van der Waals surface area contributed by atoms with Crippen LogP contribution in [0.5, 0.6) is 0 Å². The number of nitrogens with one attached hydrogen (secondary N) is 1. The second kappa shape index (κ2) is 5.61. The Hall–Kier alpha value is -1.08. The normalized spacial score (nSPS) is 13.3. The van der Waals surface area contributed by atoms with Crippen molar-refractivity contribution in [1.29, 1.82) is 5.26 Å². The third-order valence-electron chi connectivity index (χ3n) is 2.63. The first-order valence-corrected chi connectivity index (χ1v) is 4.97. The number of hydrogen-bond donors (Lipinski definition) is 2. The molecule has 0 saturated heterocycles. The van der Waals surface area contributed by atoms with Gasteiger partial charge in [-0.3, -0.25) is 10.1 Å². The molecule has 0 aliphatic carbocycles. The van der Waals surface area contributed by atoms with Crippen molar-refractivity contribution < 1.29 is 9.90 Å². The Morgan fingerprint density at radius 2 is 2.00 bits per heavy atom. The molecule has 1 unspecified atom stereocenters. The topological polar surface area (TPSA) is 73.1 Å². The molecule has 0 aliphatic rings. The van der Waals surface area contributed by atoms with Crippen molar-refractivity contribution in [1.82, 2.24) is 5.32 Å². The fourth-order valence-electron chi connectivity index (χ4n) is 1.38. The Morgan fingerprint density at radius 1 is 1.50 bits per heavy atom. The molecule has 0 radical (unpaired) electrons. The molecule has 0 rings (SSSR count). The average Bonchev–Trinajstić information content (AvgIpc) is 2.20. The highest BCUT2D eigenvalue weighted by molar-refractivity contribution is 5.78. The maximum Gasteiger partial charge on any atom is 0.323 e. The number of carboxylic acid groups (broad SMARTS) is 1. The number of carboxylic acids is 1. The van der Waals surface area contributed by atoms with Gasteiger partial charge in [0.1, 0.15) is 5.54 Å². The fourth-order valence-corrected chi connectivity index (χ4v) is 1.38. The lowest BCUT2D eigenvalue weighted by atomic mass is 9.91. The van der Waals surface area contributed by atoms with E-state index in [0.29, 0.717) is 19.3 Å². The number of hydrogen-bond acceptors (Lipinski definition) is 3. The van der Waals surface area contributed by atoms with Gasteiger partial charge in [-0.05, 0) is 19.3 Å². The lowest BCUT2D eigenvalue weighted by molar-refractivity contribution is -0.145. The van der Waals surface area contributed by atoms with E-state index in [1.54, 1.807) is 0 Å². The molecule has 0 aromatic heterocycles. The zero-order chi connectivity index (χ0) is 11.2.